The number of hydrogen-bond donors (Lipinski definition) is 2. The number of benzene rings is 2. The van der Waals surface area contributed by atoms with Crippen molar-refractivity contribution in [2.75, 3.05) is 26.2 Å². The summed E-state index contributed by atoms with van der Waals surface area (Å²) in [6.45, 7) is 3.83. The lowest BCUT2D eigenvalue weighted by atomic mass is 10.2. The van der Waals surface area contributed by atoms with Crippen molar-refractivity contribution in [2.45, 2.75) is 23.6 Å². The van der Waals surface area contributed by atoms with Crippen LogP contribution in [0.25, 0.3) is 0 Å². The van der Waals surface area contributed by atoms with Crippen molar-refractivity contribution in [3.63, 3.8) is 0 Å². The Morgan fingerprint density at radius 1 is 0.625 bits per heavy atom. The van der Waals surface area contributed by atoms with Gasteiger partial charge >= 0.3 is 12.1 Å². The number of sulfonamides is 2. The Balaban J connectivity index is 1.56. The van der Waals surface area contributed by atoms with E-state index in [-0.39, 0.29) is 36.0 Å². The molecule has 2 aromatic rings. The van der Waals surface area contributed by atoms with Crippen molar-refractivity contribution in [2.24, 2.45) is 0 Å². The molecule has 4 amide bonds. The highest BCUT2D eigenvalue weighted by molar-refractivity contribution is 7.90. The molecule has 0 saturated carbocycles. The molecule has 172 valence electrons. The van der Waals surface area contributed by atoms with Crippen molar-refractivity contribution < 1.29 is 26.4 Å². The first-order chi connectivity index (χ1) is 15.0. The van der Waals surface area contributed by atoms with E-state index in [1.165, 1.54) is 34.1 Å². The standard InChI is InChI=1S/C20H24N4O6S2/c1-15-3-7-17(8-4-15)31(27,28)21-19(25)23-11-13-24(14-12-23)20(26)22-32(29,30)18-9-5-16(2)6-10-18/h3-10H,11-14H2,1-2H3,(H,21,25)(H,22,26). The summed E-state index contributed by atoms with van der Waals surface area (Å²) in [5.74, 6) is 0. The van der Waals surface area contributed by atoms with Crippen molar-refractivity contribution >= 4 is 32.1 Å². The highest BCUT2D eigenvalue weighted by atomic mass is 32.2. The van der Waals surface area contributed by atoms with E-state index in [2.05, 4.69) is 0 Å². The van der Waals surface area contributed by atoms with Gasteiger partial charge in [-0.05, 0) is 38.1 Å². The molecule has 1 aliphatic heterocycles. The first-order valence-electron chi connectivity index (χ1n) is 9.75. The lowest BCUT2D eigenvalue weighted by Crippen LogP contribution is -2.56. The summed E-state index contributed by atoms with van der Waals surface area (Å²) in [5, 5.41) is 0. The summed E-state index contributed by atoms with van der Waals surface area (Å²) in [6.07, 6.45) is 0. The Morgan fingerprint density at radius 2 is 0.906 bits per heavy atom. The number of nitrogens with one attached hydrogen (secondary N) is 2. The molecule has 1 saturated heterocycles. The maximum Gasteiger partial charge on any atom is 0.331 e. The maximum absolute atomic E-state index is 12.4. The molecule has 1 aliphatic rings. The molecular weight excluding hydrogens is 456 g/mol. The molecule has 0 aromatic heterocycles. The van der Waals surface area contributed by atoms with Crippen LogP contribution in [-0.2, 0) is 20.0 Å². The third-order valence-corrected chi connectivity index (χ3v) is 7.63. The number of hydrogen-bond acceptors (Lipinski definition) is 6. The zero-order valence-corrected chi connectivity index (χ0v) is 19.2. The molecule has 1 heterocycles. The monoisotopic (exact) mass is 480 g/mol. The largest absolute Gasteiger partial charge is 0.331 e. The van der Waals surface area contributed by atoms with Gasteiger partial charge < -0.3 is 9.80 Å². The number of amides is 4. The quantitative estimate of drug-likeness (QED) is 0.680. The third-order valence-electron chi connectivity index (χ3n) is 4.96. The Bertz CT molecular complexity index is 1100. The average molecular weight is 481 g/mol. The van der Waals surface area contributed by atoms with Gasteiger partial charge in [-0.25, -0.2) is 35.9 Å². The van der Waals surface area contributed by atoms with Gasteiger partial charge in [0.15, 0.2) is 0 Å². The molecule has 32 heavy (non-hydrogen) atoms. The SMILES string of the molecule is Cc1ccc(S(=O)(=O)NC(=O)N2CCN(C(=O)NS(=O)(=O)c3ccc(C)cc3)CC2)cc1. The normalized spacial score (nSPS) is 14.7. The Hall–Kier alpha value is -3.12. The molecule has 0 spiro atoms. The zero-order valence-electron chi connectivity index (χ0n) is 17.6. The van der Waals surface area contributed by atoms with Crippen molar-refractivity contribution in [3.05, 3.63) is 59.7 Å². The van der Waals surface area contributed by atoms with Crippen molar-refractivity contribution in [3.8, 4) is 0 Å². The van der Waals surface area contributed by atoms with Crippen LogP contribution >= 0.6 is 0 Å². The van der Waals surface area contributed by atoms with Crippen LogP contribution in [0, 0.1) is 13.8 Å². The Labute approximate surface area is 187 Å². The number of carbonyl (C=O) groups excluding carboxylic acids is 2. The van der Waals surface area contributed by atoms with E-state index in [9.17, 15) is 26.4 Å². The van der Waals surface area contributed by atoms with E-state index in [1.54, 1.807) is 24.3 Å². The summed E-state index contributed by atoms with van der Waals surface area (Å²) in [5.41, 5.74) is 1.77. The maximum atomic E-state index is 12.4. The van der Waals surface area contributed by atoms with E-state index in [4.69, 9.17) is 0 Å². The first kappa shape index (κ1) is 23.5. The minimum atomic E-state index is -4.03. The minimum Gasteiger partial charge on any atom is -0.320 e. The van der Waals surface area contributed by atoms with Gasteiger partial charge in [0.1, 0.15) is 0 Å². The highest BCUT2D eigenvalue weighted by Crippen LogP contribution is 2.13. The fourth-order valence-corrected chi connectivity index (χ4v) is 4.97. The molecule has 2 aromatic carbocycles. The lowest BCUT2D eigenvalue weighted by molar-refractivity contribution is 0.148. The van der Waals surface area contributed by atoms with E-state index in [0.717, 1.165) is 11.1 Å². The minimum absolute atomic E-state index is 0.0317. The molecule has 0 radical (unpaired) electrons. The molecule has 3 rings (SSSR count). The predicted octanol–water partition coefficient (Wildman–Crippen LogP) is 1.42. The number of carbonyl (C=O) groups is 2. The van der Waals surface area contributed by atoms with Crippen LogP contribution in [0.5, 0.6) is 0 Å². The fourth-order valence-electron chi connectivity index (χ4n) is 3.02. The molecular formula is C20H24N4O6S2. The molecule has 0 atom stereocenters. The second kappa shape index (κ2) is 9.17. The van der Waals surface area contributed by atoms with Crippen molar-refractivity contribution in [1.29, 1.82) is 0 Å². The smallest absolute Gasteiger partial charge is 0.320 e. The van der Waals surface area contributed by atoms with Gasteiger partial charge in [-0.3, -0.25) is 0 Å². The summed E-state index contributed by atoms with van der Waals surface area (Å²) in [7, 11) is -8.05. The van der Waals surface area contributed by atoms with Crippen LogP contribution in [0.15, 0.2) is 58.3 Å². The molecule has 1 fully saturated rings. The van der Waals surface area contributed by atoms with Crippen LogP contribution in [-0.4, -0.2) is 64.9 Å². The second-order valence-electron chi connectivity index (χ2n) is 7.42. The lowest BCUT2D eigenvalue weighted by Gasteiger charge is -2.34. The summed E-state index contributed by atoms with van der Waals surface area (Å²) in [6, 6.07) is 10.5. The van der Waals surface area contributed by atoms with Crippen molar-refractivity contribution in [1.82, 2.24) is 19.2 Å². The van der Waals surface area contributed by atoms with Crippen LogP contribution in [0.3, 0.4) is 0 Å². The van der Waals surface area contributed by atoms with E-state index in [0.29, 0.717) is 0 Å². The van der Waals surface area contributed by atoms with Gasteiger partial charge in [-0.2, -0.15) is 0 Å². The Kier molecular flexibility index (Phi) is 6.74. The molecule has 2 N–H and O–H groups in total. The average Bonchev–Trinajstić information content (AvgIpc) is 2.74. The highest BCUT2D eigenvalue weighted by Gasteiger charge is 2.29. The van der Waals surface area contributed by atoms with Gasteiger partial charge in [0.05, 0.1) is 9.79 Å². The number of rotatable bonds is 4. The third kappa shape index (κ3) is 5.56. The number of nitrogens with zero attached hydrogens (tertiary/aromatic N) is 2. The van der Waals surface area contributed by atoms with Crippen LogP contribution in [0.1, 0.15) is 11.1 Å². The first-order valence-corrected chi connectivity index (χ1v) is 12.7. The number of urea groups is 2. The number of aryl methyl sites for hydroxylation is 2. The van der Waals surface area contributed by atoms with E-state index < -0.39 is 32.1 Å². The molecule has 12 heteroatoms. The molecule has 0 aliphatic carbocycles. The van der Waals surface area contributed by atoms with Crippen LogP contribution < -0.4 is 9.44 Å². The summed E-state index contributed by atoms with van der Waals surface area (Å²) < 4.78 is 53.6. The van der Waals surface area contributed by atoms with E-state index >= 15 is 0 Å². The summed E-state index contributed by atoms with van der Waals surface area (Å²) >= 11 is 0. The van der Waals surface area contributed by atoms with Gasteiger partial charge in [0, 0.05) is 26.2 Å². The second-order valence-corrected chi connectivity index (χ2v) is 10.8. The predicted molar refractivity (Wildman–Crippen MR) is 117 cm³/mol. The van der Waals surface area contributed by atoms with Crippen LogP contribution in [0.4, 0.5) is 9.59 Å². The Morgan fingerprint density at radius 3 is 1.19 bits per heavy atom. The number of piperazine rings is 1. The van der Waals surface area contributed by atoms with Gasteiger partial charge in [0.2, 0.25) is 0 Å². The molecule has 0 unspecified atom stereocenters. The van der Waals surface area contributed by atoms with Gasteiger partial charge in [0.25, 0.3) is 20.0 Å². The molecule has 10 nitrogen and oxygen atoms in total. The molecule has 0 bridgehead atoms. The fraction of sp³-hybridized carbons (Fsp3) is 0.300. The zero-order chi connectivity index (χ0) is 23.5. The van der Waals surface area contributed by atoms with E-state index in [1.807, 2.05) is 23.3 Å². The van der Waals surface area contributed by atoms with Crippen LogP contribution in [0.2, 0.25) is 0 Å². The summed E-state index contributed by atoms with van der Waals surface area (Å²) in [4.78, 5) is 27.2. The topological polar surface area (TPSA) is 133 Å². The van der Waals surface area contributed by atoms with Gasteiger partial charge in [-0.1, -0.05) is 35.4 Å². The van der Waals surface area contributed by atoms with Gasteiger partial charge in [-0.15, -0.1) is 0 Å².